The third kappa shape index (κ3) is 3.57. The summed E-state index contributed by atoms with van der Waals surface area (Å²) in [4.78, 5) is 23.4. The highest BCUT2D eigenvalue weighted by atomic mass is 32.1. The maximum atomic E-state index is 12.7. The number of anilines is 1. The van der Waals surface area contributed by atoms with E-state index in [2.05, 4.69) is 5.32 Å². The molecule has 4 aromatic rings. The van der Waals surface area contributed by atoms with Crippen LogP contribution in [0.15, 0.2) is 66.0 Å². The molecule has 2 heterocycles. The second-order valence-electron chi connectivity index (χ2n) is 7.25. The molecule has 1 aliphatic rings. The molecule has 0 radical (unpaired) electrons. The van der Waals surface area contributed by atoms with Gasteiger partial charge in [0, 0.05) is 5.56 Å². The van der Waals surface area contributed by atoms with Crippen molar-refractivity contribution in [1.29, 1.82) is 0 Å². The number of fused-ring (bicyclic) bond motifs is 3. The van der Waals surface area contributed by atoms with Crippen molar-refractivity contribution in [2.24, 2.45) is 0 Å². The molecule has 0 unspecified atom stereocenters. The number of rotatable bonds is 4. The van der Waals surface area contributed by atoms with Gasteiger partial charge in [0.1, 0.15) is 11.4 Å². The lowest BCUT2D eigenvalue weighted by Gasteiger charge is -2.21. The largest absolute Gasteiger partial charge is 0.508 e. The number of aromatic hydroxyl groups is 1. The molecule has 30 heavy (non-hydrogen) atoms. The first kappa shape index (κ1) is 18.5. The van der Waals surface area contributed by atoms with Crippen LogP contribution < -0.4 is 5.32 Å². The highest BCUT2D eigenvalue weighted by Crippen LogP contribution is 2.37. The van der Waals surface area contributed by atoms with Crippen LogP contribution in [-0.2, 0) is 24.1 Å². The molecule has 5 nitrogen and oxygen atoms in total. The fourth-order valence-corrected chi connectivity index (χ4v) is 4.48. The Hall–Kier alpha value is -3.51. The highest BCUT2D eigenvalue weighted by molar-refractivity contribution is 7.13. The second-order valence-corrected chi connectivity index (χ2v) is 8.19. The molecule has 148 valence electrons. The zero-order chi connectivity index (χ0) is 20.5. The smallest absolute Gasteiger partial charge is 0.230 e. The fourth-order valence-electron chi connectivity index (χ4n) is 3.76. The molecule has 6 heteroatoms. The minimum absolute atomic E-state index is 0.116. The van der Waals surface area contributed by atoms with Crippen LogP contribution in [0.25, 0.3) is 21.8 Å². The van der Waals surface area contributed by atoms with Crippen molar-refractivity contribution >= 4 is 23.1 Å². The standard InChI is InChI=1S/C24H19N3O2S/c28-17-9-10-18-16(14-17)8-11-19-22(18)27-23(20-7-4-12-30-20)24(25-19)26-21(29)13-15-5-2-1-3-6-15/h1-7,9-10,12,14,28H,8,11,13H2,(H,25,26,29). The summed E-state index contributed by atoms with van der Waals surface area (Å²) in [6.07, 6.45) is 1.78. The van der Waals surface area contributed by atoms with E-state index in [9.17, 15) is 9.90 Å². The van der Waals surface area contributed by atoms with Gasteiger partial charge in [-0.3, -0.25) is 4.79 Å². The zero-order valence-corrected chi connectivity index (χ0v) is 16.9. The Labute approximate surface area is 178 Å². The van der Waals surface area contributed by atoms with E-state index in [1.54, 1.807) is 23.5 Å². The number of carbonyl (C=O) groups excluding carboxylic acids is 1. The Morgan fingerprint density at radius 2 is 1.87 bits per heavy atom. The Bertz CT molecular complexity index is 1220. The van der Waals surface area contributed by atoms with Crippen molar-refractivity contribution in [2.45, 2.75) is 19.3 Å². The fraction of sp³-hybridized carbons (Fsp3) is 0.125. The lowest BCUT2D eigenvalue weighted by atomic mass is 9.91. The average Bonchev–Trinajstić information content (AvgIpc) is 3.28. The Morgan fingerprint density at radius 3 is 2.67 bits per heavy atom. The normalized spacial score (nSPS) is 12.1. The van der Waals surface area contributed by atoms with Gasteiger partial charge in [-0.25, -0.2) is 9.97 Å². The summed E-state index contributed by atoms with van der Waals surface area (Å²) < 4.78 is 0. The Kier molecular flexibility index (Phi) is 4.77. The van der Waals surface area contributed by atoms with Crippen LogP contribution in [0.5, 0.6) is 5.75 Å². The SMILES string of the molecule is O=C(Cc1ccccc1)Nc1nc2c(nc1-c1cccs1)-c1ccc(O)cc1CC2. The van der Waals surface area contributed by atoms with E-state index in [1.165, 1.54) is 0 Å². The second kappa shape index (κ2) is 7.72. The van der Waals surface area contributed by atoms with E-state index in [0.29, 0.717) is 17.9 Å². The van der Waals surface area contributed by atoms with Crippen molar-refractivity contribution in [2.75, 3.05) is 5.32 Å². The van der Waals surface area contributed by atoms with Crippen molar-refractivity contribution in [3.8, 4) is 27.6 Å². The maximum absolute atomic E-state index is 12.7. The molecule has 5 rings (SSSR count). The molecule has 1 aliphatic carbocycles. The van der Waals surface area contributed by atoms with E-state index in [-0.39, 0.29) is 18.1 Å². The molecule has 1 amide bonds. The number of nitrogens with one attached hydrogen (secondary N) is 1. The van der Waals surface area contributed by atoms with Gasteiger partial charge in [-0.2, -0.15) is 0 Å². The minimum Gasteiger partial charge on any atom is -0.508 e. The van der Waals surface area contributed by atoms with Gasteiger partial charge in [-0.15, -0.1) is 11.3 Å². The van der Waals surface area contributed by atoms with Crippen molar-refractivity contribution in [3.05, 3.63) is 82.9 Å². The number of aryl methyl sites for hydroxylation is 2. The first-order chi connectivity index (χ1) is 14.7. The van der Waals surface area contributed by atoms with Gasteiger partial charge in [0.15, 0.2) is 5.82 Å². The van der Waals surface area contributed by atoms with Gasteiger partial charge >= 0.3 is 0 Å². The summed E-state index contributed by atoms with van der Waals surface area (Å²) in [5.74, 6) is 0.641. The van der Waals surface area contributed by atoms with Crippen LogP contribution >= 0.6 is 11.3 Å². The van der Waals surface area contributed by atoms with E-state index >= 15 is 0 Å². The van der Waals surface area contributed by atoms with Crippen molar-refractivity contribution < 1.29 is 9.90 Å². The number of phenolic OH excluding ortho intramolecular Hbond substituents is 1. The van der Waals surface area contributed by atoms with Gasteiger partial charge in [0.05, 0.1) is 22.7 Å². The quantitative estimate of drug-likeness (QED) is 0.501. The number of amides is 1. The lowest BCUT2D eigenvalue weighted by Crippen LogP contribution is -2.18. The summed E-state index contributed by atoms with van der Waals surface area (Å²) >= 11 is 1.56. The van der Waals surface area contributed by atoms with Gasteiger partial charge in [0.25, 0.3) is 0 Å². The maximum Gasteiger partial charge on any atom is 0.230 e. The van der Waals surface area contributed by atoms with Gasteiger partial charge < -0.3 is 10.4 Å². The molecule has 2 aromatic heterocycles. The van der Waals surface area contributed by atoms with E-state index < -0.39 is 0 Å². The van der Waals surface area contributed by atoms with Crippen LogP contribution in [0.1, 0.15) is 16.8 Å². The predicted molar refractivity (Wildman–Crippen MR) is 119 cm³/mol. The number of phenols is 1. The number of hydrogen-bond acceptors (Lipinski definition) is 5. The number of nitrogens with zero attached hydrogens (tertiary/aromatic N) is 2. The summed E-state index contributed by atoms with van der Waals surface area (Å²) in [5.41, 5.74) is 5.36. The van der Waals surface area contributed by atoms with Gasteiger partial charge in [-0.05, 0) is 53.6 Å². The van der Waals surface area contributed by atoms with Crippen molar-refractivity contribution in [1.82, 2.24) is 9.97 Å². The summed E-state index contributed by atoms with van der Waals surface area (Å²) in [6, 6.07) is 19.0. The minimum atomic E-state index is -0.116. The molecular weight excluding hydrogens is 394 g/mol. The van der Waals surface area contributed by atoms with Crippen molar-refractivity contribution in [3.63, 3.8) is 0 Å². The number of hydrogen-bond donors (Lipinski definition) is 2. The zero-order valence-electron chi connectivity index (χ0n) is 16.1. The molecule has 0 saturated carbocycles. The summed E-state index contributed by atoms with van der Waals surface area (Å²) in [7, 11) is 0. The Balaban J connectivity index is 1.55. The topological polar surface area (TPSA) is 75.1 Å². The van der Waals surface area contributed by atoms with Crippen LogP contribution in [-0.4, -0.2) is 21.0 Å². The molecule has 2 N–H and O–H groups in total. The molecule has 0 bridgehead atoms. The molecule has 0 spiro atoms. The number of thiophene rings is 1. The Morgan fingerprint density at radius 1 is 1.00 bits per heavy atom. The third-order valence-electron chi connectivity index (χ3n) is 5.16. The van der Waals surface area contributed by atoms with E-state index in [4.69, 9.17) is 9.97 Å². The third-order valence-corrected chi connectivity index (χ3v) is 6.04. The molecule has 0 saturated heterocycles. The van der Waals surface area contributed by atoms with Crippen LogP contribution in [0.3, 0.4) is 0 Å². The number of aromatic nitrogens is 2. The van der Waals surface area contributed by atoms with Crippen LogP contribution in [0.2, 0.25) is 0 Å². The van der Waals surface area contributed by atoms with E-state index in [0.717, 1.165) is 39.4 Å². The van der Waals surface area contributed by atoms with E-state index in [1.807, 2.05) is 53.9 Å². The number of carbonyl (C=O) groups is 1. The molecular formula is C24H19N3O2S. The average molecular weight is 414 g/mol. The summed E-state index contributed by atoms with van der Waals surface area (Å²) in [6.45, 7) is 0. The molecule has 0 fully saturated rings. The molecule has 2 aromatic carbocycles. The van der Waals surface area contributed by atoms with Gasteiger partial charge in [0.2, 0.25) is 5.91 Å². The summed E-state index contributed by atoms with van der Waals surface area (Å²) in [5, 5.41) is 14.8. The lowest BCUT2D eigenvalue weighted by molar-refractivity contribution is -0.115. The monoisotopic (exact) mass is 413 g/mol. The highest BCUT2D eigenvalue weighted by Gasteiger charge is 2.23. The predicted octanol–water partition coefficient (Wildman–Crippen LogP) is 4.86. The first-order valence-corrected chi connectivity index (χ1v) is 10.7. The van der Waals surface area contributed by atoms with Crippen LogP contribution in [0, 0.1) is 0 Å². The van der Waals surface area contributed by atoms with Crippen LogP contribution in [0.4, 0.5) is 5.82 Å². The molecule has 0 atom stereocenters. The molecule has 0 aliphatic heterocycles. The number of benzene rings is 2. The first-order valence-electron chi connectivity index (χ1n) is 9.78. The van der Waals surface area contributed by atoms with Gasteiger partial charge in [-0.1, -0.05) is 36.4 Å².